The highest BCUT2D eigenvalue weighted by Gasteiger charge is 2.19. The topological polar surface area (TPSA) is 78.9 Å². The summed E-state index contributed by atoms with van der Waals surface area (Å²) in [6.45, 7) is 6.33. The fraction of sp³-hybridized carbons (Fsp3) is 0.706. The van der Waals surface area contributed by atoms with Crippen molar-refractivity contribution in [2.75, 3.05) is 13.2 Å². The fourth-order valence-corrected chi connectivity index (χ4v) is 6.18. The van der Waals surface area contributed by atoms with E-state index in [-0.39, 0.29) is 31.1 Å². The van der Waals surface area contributed by atoms with Crippen molar-refractivity contribution < 1.29 is 28.6 Å². The molecule has 326 valence electrons. The first kappa shape index (κ1) is 53.9. The molecule has 0 aliphatic heterocycles. The first-order chi connectivity index (χ1) is 28.0. The van der Waals surface area contributed by atoms with Gasteiger partial charge in [0.25, 0.3) is 0 Å². The molecule has 0 radical (unpaired) electrons. The van der Waals surface area contributed by atoms with Crippen molar-refractivity contribution in [3.05, 3.63) is 72.9 Å². The maximum absolute atomic E-state index is 12.7. The standard InChI is InChI=1S/C51H86O6/c1-4-7-10-13-16-19-22-24-25-26-27-30-32-35-38-41-44-50(53)56-47-48(46-55-49(52)43-40-37-34-31-28-21-18-15-12-9-6-3)57-51(54)45-42-39-36-33-29-23-20-17-14-11-8-5-2/h7-8,10-11,15-20,24-25,48H,4-6,9,12-14,21-23,26-47H2,1-3H3/b10-7-,11-8-,18-15-,19-16-,20-17-,25-24-. The van der Waals surface area contributed by atoms with Crippen molar-refractivity contribution in [3.8, 4) is 0 Å². The molecule has 1 unspecified atom stereocenters. The number of hydrogen-bond acceptors (Lipinski definition) is 6. The van der Waals surface area contributed by atoms with Gasteiger partial charge in [-0.25, -0.2) is 0 Å². The normalized spacial score (nSPS) is 12.7. The van der Waals surface area contributed by atoms with Gasteiger partial charge in [-0.15, -0.1) is 0 Å². The molecule has 0 aromatic carbocycles. The highest BCUT2D eigenvalue weighted by molar-refractivity contribution is 5.71. The van der Waals surface area contributed by atoms with E-state index in [9.17, 15) is 14.4 Å². The maximum Gasteiger partial charge on any atom is 0.306 e. The van der Waals surface area contributed by atoms with Crippen LogP contribution in [0.3, 0.4) is 0 Å². The predicted octanol–water partition coefficient (Wildman–Crippen LogP) is 15.1. The lowest BCUT2D eigenvalue weighted by atomic mass is 10.1. The van der Waals surface area contributed by atoms with E-state index in [1.807, 2.05) is 0 Å². The van der Waals surface area contributed by atoms with Crippen LogP contribution >= 0.6 is 0 Å². The second-order valence-corrected chi connectivity index (χ2v) is 15.2. The molecule has 0 saturated carbocycles. The van der Waals surface area contributed by atoms with Crippen LogP contribution in [0.25, 0.3) is 0 Å². The lowest BCUT2D eigenvalue weighted by Crippen LogP contribution is -2.30. The molecule has 0 rings (SSSR count). The van der Waals surface area contributed by atoms with Crippen LogP contribution in [0.1, 0.15) is 213 Å². The smallest absolute Gasteiger partial charge is 0.306 e. The van der Waals surface area contributed by atoms with Crippen LogP contribution in [0.4, 0.5) is 0 Å². The van der Waals surface area contributed by atoms with E-state index in [4.69, 9.17) is 14.2 Å². The largest absolute Gasteiger partial charge is 0.462 e. The van der Waals surface area contributed by atoms with Crippen LogP contribution in [0.15, 0.2) is 72.9 Å². The zero-order valence-electron chi connectivity index (χ0n) is 37.1. The van der Waals surface area contributed by atoms with Crippen molar-refractivity contribution in [1.29, 1.82) is 0 Å². The summed E-state index contributed by atoms with van der Waals surface area (Å²) in [6.07, 6.45) is 56.0. The van der Waals surface area contributed by atoms with Crippen molar-refractivity contribution in [2.24, 2.45) is 0 Å². The van der Waals surface area contributed by atoms with Gasteiger partial charge in [-0.2, -0.15) is 0 Å². The maximum atomic E-state index is 12.7. The summed E-state index contributed by atoms with van der Waals surface area (Å²) in [4.78, 5) is 37.8. The molecular formula is C51H86O6. The number of rotatable bonds is 41. The van der Waals surface area contributed by atoms with E-state index in [0.717, 1.165) is 122 Å². The number of esters is 3. The summed E-state index contributed by atoms with van der Waals surface area (Å²) in [5, 5.41) is 0. The Kier molecular flexibility index (Phi) is 43.0. The monoisotopic (exact) mass is 795 g/mol. The van der Waals surface area contributed by atoms with Gasteiger partial charge in [-0.3, -0.25) is 14.4 Å². The summed E-state index contributed by atoms with van der Waals surface area (Å²) < 4.78 is 16.7. The molecule has 0 aromatic heterocycles. The first-order valence-corrected chi connectivity index (χ1v) is 23.4. The van der Waals surface area contributed by atoms with E-state index in [1.165, 1.54) is 51.4 Å². The first-order valence-electron chi connectivity index (χ1n) is 23.4. The zero-order valence-corrected chi connectivity index (χ0v) is 37.1. The van der Waals surface area contributed by atoms with Gasteiger partial charge in [0.1, 0.15) is 13.2 Å². The fourth-order valence-electron chi connectivity index (χ4n) is 6.18. The summed E-state index contributed by atoms with van der Waals surface area (Å²) in [6, 6.07) is 0. The Morgan fingerprint density at radius 2 is 0.684 bits per heavy atom. The minimum Gasteiger partial charge on any atom is -0.462 e. The molecule has 6 nitrogen and oxygen atoms in total. The summed E-state index contributed by atoms with van der Waals surface area (Å²) in [5.74, 6) is -0.933. The number of hydrogen-bond donors (Lipinski definition) is 0. The highest BCUT2D eigenvalue weighted by Crippen LogP contribution is 2.13. The molecule has 0 saturated heterocycles. The molecule has 0 heterocycles. The highest BCUT2D eigenvalue weighted by atomic mass is 16.6. The molecule has 0 bridgehead atoms. The average molecular weight is 795 g/mol. The van der Waals surface area contributed by atoms with Gasteiger partial charge in [-0.1, -0.05) is 171 Å². The van der Waals surface area contributed by atoms with Crippen LogP contribution < -0.4 is 0 Å². The minimum atomic E-state index is -0.789. The molecule has 6 heteroatoms. The number of carbonyl (C=O) groups excluding carboxylic acids is 3. The quantitative estimate of drug-likeness (QED) is 0.0265. The molecule has 0 N–H and O–H groups in total. The van der Waals surface area contributed by atoms with Crippen LogP contribution in [0.5, 0.6) is 0 Å². The van der Waals surface area contributed by atoms with Crippen molar-refractivity contribution in [1.82, 2.24) is 0 Å². The Hall–Kier alpha value is -3.15. The molecule has 57 heavy (non-hydrogen) atoms. The second-order valence-electron chi connectivity index (χ2n) is 15.2. The zero-order chi connectivity index (χ0) is 41.5. The van der Waals surface area contributed by atoms with E-state index in [0.29, 0.717) is 19.3 Å². The number of ether oxygens (including phenoxy) is 3. The average Bonchev–Trinajstić information content (AvgIpc) is 3.21. The SMILES string of the molecule is CC/C=C\C/C=C\C/C=C\CCCCCCCCC(=O)OCC(COC(=O)CCCCCCC/C=C\CCCC)OC(=O)CCCCCCC/C=C\C/C=C\CC. The van der Waals surface area contributed by atoms with Crippen molar-refractivity contribution in [2.45, 2.75) is 219 Å². The van der Waals surface area contributed by atoms with E-state index >= 15 is 0 Å². The van der Waals surface area contributed by atoms with Crippen molar-refractivity contribution in [3.63, 3.8) is 0 Å². The molecule has 0 aromatic rings. The predicted molar refractivity (Wildman–Crippen MR) is 242 cm³/mol. The van der Waals surface area contributed by atoms with Crippen LogP contribution in [0, 0.1) is 0 Å². The van der Waals surface area contributed by atoms with Gasteiger partial charge in [0.15, 0.2) is 6.10 Å². The molecule has 0 fully saturated rings. The molecule has 0 aliphatic carbocycles. The lowest BCUT2D eigenvalue weighted by molar-refractivity contribution is -0.167. The Morgan fingerprint density at radius 1 is 0.368 bits per heavy atom. The third kappa shape index (κ3) is 43.8. The number of carbonyl (C=O) groups is 3. The molecule has 0 aliphatic rings. The van der Waals surface area contributed by atoms with Gasteiger partial charge in [0, 0.05) is 19.3 Å². The van der Waals surface area contributed by atoms with Gasteiger partial charge >= 0.3 is 17.9 Å². The number of unbranched alkanes of at least 4 members (excludes halogenated alkanes) is 18. The van der Waals surface area contributed by atoms with E-state index in [1.54, 1.807) is 0 Å². The molecule has 0 amide bonds. The van der Waals surface area contributed by atoms with Crippen LogP contribution in [-0.2, 0) is 28.6 Å². The van der Waals surface area contributed by atoms with Crippen LogP contribution in [-0.4, -0.2) is 37.2 Å². The summed E-state index contributed by atoms with van der Waals surface area (Å²) in [5.41, 5.74) is 0. The summed E-state index contributed by atoms with van der Waals surface area (Å²) in [7, 11) is 0. The van der Waals surface area contributed by atoms with Gasteiger partial charge in [-0.05, 0) is 96.3 Å². The lowest BCUT2D eigenvalue weighted by Gasteiger charge is -2.18. The Morgan fingerprint density at radius 3 is 1.09 bits per heavy atom. The number of allylic oxidation sites excluding steroid dienone is 12. The van der Waals surface area contributed by atoms with Gasteiger partial charge < -0.3 is 14.2 Å². The third-order valence-electron chi connectivity index (χ3n) is 9.68. The molecule has 0 spiro atoms. The summed E-state index contributed by atoms with van der Waals surface area (Å²) >= 11 is 0. The Balaban J connectivity index is 4.41. The second kappa shape index (κ2) is 45.6. The Labute approximate surface area is 351 Å². The van der Waals surface area contributed by atoms with E-state index < -0.39 is 6.10 Å². The van der Waals surface area contributed by atoms with E-state index in [2.05, 4.69) is 93.7 Å². The third-order valence-corrected chi connectivity index (χ3v) is 9.68. The minimum absolute atomic E-state index is 0.0908. The Bertz CT molecular complexity index is 1100. The molecular weight excluding hydrogens is 709 g/mol. The van der Waals surface area contributed by atoms with Gasteiger partial charge in [0.2, 0.25) is 0 Å². The van der Waals surface area contributed by atoms with Crippen LogP contribution in [0.2, 0.25) is 0 Å². The molecule has 1 atom stereocenters. The van der Waals surface area contributed by atoms with Gasteiger partial charge in [0.05, 0.1) is 0 Å². The van der Waals surface area contributed by atoms with Crippen molar-refractivity contribution >= 4 is 17.9 Å².